The molecule has 1 N–H and O–H groups in total. The second-order valence-corrected chi connectivity index (χ2v) is 6.00. The van der Waals surface area contributed by atoms with Gasteiger partial charge in [0.05, 0.1) is 17.5 Å². The van der Waals surface area contributed by atoms with Crippen LogP contribution in [0, 0.1) is 30.6 Å². The fourth-order valence-electron chi connectivity index (χ4n) is 3.95. The van der Waals surface area contributed by atoms with Crippen LogP contribution in [0.3, 0.4) is 0 Å². The van der Waals surface area contributed by atoms with Crippen molar-refractivity contribution in [2.24, 2.45) is 23.7 Å². The summed E-state index contributed by atoms with van der Waals surface area (Å²) in [6.07, 6.45) is 5.05. The van der Waals surface area contributed by atoms with Gasteiger partial charge in [-0.2, -0.15) is 0 Å². The number of carbonyl (C=O) groups is 2. The molecule has 4 rings (SSSR count). The molecule has 4 atom stereocenters. The molecule has 2 amide bonds. The minimum absolute atomic E-state index is 0.0161. The highest BCUT2D eigenvalue weighted by Crippen LogP contribution is 2.53. The quantitative estimate of drug-likeness (QED) is 0.626. The first-order chi connectivity index (χ1) is 9.58. The Morgan fingerprint density at radius 3 is 2.30 bits per heavy atom. The SMILES string of the molecule is Cc1ccc(O)c(N2C(=O)[C@H]3[C@H](C2=O)[C@H]2C=C[C@H]3C2)c1. The summed E-state index contributed by atoms with van der Waals surface area (Å²) in [6.45, 7) is 1.88. The van der Waals surface area contributed by atoms with E-state index in [2.05, 4.69) is 12.2 Å². The molecule has 2 fully saturated rings. The smallest absolute Gasteiger partial charge is 0.238 e. The summed E-state index contributed by atoms with van der Waals surface area (Å²) in [7, 11) is 0. The lowest BCUT2D eigenvalue weighted by Gasteiger charge is -2.18. The van der Waals surface area contributed by atoms with E-state index in [1.807, 2.05) is 6.92 Å². The minimum atomic E-state index is -0.225. The normalized spacial score (nSPS) is 34.1. The Labute approximate surface area is 116 Å². The van der Waals surface area contributed by atoms with Crippen LogP contribution in [0.2, 0.25) is 0 Å². The summed E-state index contributed by atoms with van der Waals surface area (Å²) in [6, 6.07) is 4.99. The van der Waals surface area contributed by atoms with Crippen molar-refractivity contribution in [1.29, 1.82) is 0 Å². The molecule has 0 unspecified atom stereocenters. The van der Waals surface area contributed by atoms with E-state index in [9.17, 15) is 14.7 Å². The van der Waals surface area contributed by atoms with E-state index in [-0.39, 0.29) is 41.2 Å². The van der Waals surface area contributed by atoms with Gasteiger partial charge in [0.1, 0.15) is 5.75 Å². The molecule has 3 aliphatic rings. The zero-order valence-electron chi connectivity index (χ0n) is 11.1. The Bertz CT molecular complexity index is 634. The third-order valence-electron chi connectivity index (χ3n) is 4.84. The highest BCUT2D eigenvalue weighted by atomic mass is 16.3. The van der Waals surface area contributed by atoms with Crippen molar-refractivity contribution in [2.45, 2.75) is 13.3 Å². The predicted octanol–water partition coefficient (Wildman–Crippen LogP) is 2.01. The number of phenols is 1. The Balaban J connectivity index is 1.80. The number of anilines is 1. The molecule has 0 aromatic heterocycles. The zero-order valence-corrected chi connectivity index (χ0v) is 11.1. The van der Waals surface area contributed by atoms with Gasteiger partial charge in [-0.1, -0.05) is 18.2 Å². The molecule has 4 nitrogen and oxygen atoms in total. The van der Waals surface area contributed by atoms with Gasteiger partial charge in [0.15, 0.2) is 0 Å². The highest BCUT2D eigenvalue weighted by molar-refractivity contribution is 6.23. The number of hydrogen-bond acceptors (Lipinski definition) is 3. The largest absolute Gasteiger partial charge is 0.506 e. The minimum Gasteiger partial charge on any atom is -0.506 e. The average molecular weight is 269 g/mol. The van der Waals surface area contributed by atoms with Crippen molar-refractivity contribution in [3.63, 3.8) is 0 Å². The van der Waals surface area contributed by atoms with Gasteiger partial charge in [-0.3, -0.25) is 9.59 Å². The topological polar surface area (TPSA) is 57.6 Å². The van der Waals surface area contributed by atoms with Gasteiger partial charge >= 0.3 is 0 Å². The van der Waals surface area contributed by atoms with E-state index in [1.54, 1.807) is 12.1 Å². The summed E-state index contributed by atoms with van der Waals surface area (Å²) >= 11 is 0. The van der Waals surface area contributed by atoms with Gasteiger partial charge in [-0.05, 0) is 42.9 Å². The van der Waals surface area contributed by atoms with E-state index in [4.69, 9.17) is 0 Å². The molecule has 1 heterocycles. The summed E-state index contributed by atoms with van der Waals surface area (Å²) in [4.78, 5) is 26.4. The predicted molar refractivity (Wildman–Crippen MR) is 73.1 cm³/mol. The Morgan fingerprint density at radius 2 is 1.70 bits per heavy atom. The van der Waals surface area contributed by atoms with E-state index < -0.39 is 0 Å². The monoisotopic (exact) mass is 269 g/mol. The van der Waals surface area contributed by atoms with E-state index in [1.165, 1.54) is 11.0 Å². The van der Waals surface area contributed by atoms with E-state index >= 15 is 0 Å². The standard InChI is InChI=1S/C16H15NO3/c1-8-2-5-12(18)11(6-8)17-15(19)13-9-3-4-10(7-9)14(13)16(17)20/h2-6,9-10,13-14,18H,7H2,1H3/t9-,10-,13+,14+/m0/s1. The Kier molecular flexibility index (Phi) is 2.18. The van der Waals surface area contributed by atoms with Gasteiger partial charge in [0.25, 0.3) is 0 Å². The fraction of sp³-hybridized carbons (Fsp3) is 0.375. The van der Waals surface area contributed by atoms with Crippen LogP contribution in [0.25, 0.3) is 0 Å². The summed E-state index contributed by atoms with van der Waals surface area (Å²) in [5.41, 5.74) is 1.24. The number of amides is 2. The number of carbonyl (C=O) groups excluding carboxylic acids is 2. The maximum Gasteiger partial charge on any atom is 0.238 e. The van der Waals surface area contributed by atoms with Crippen LogP contribution >= 0.6 is 0 Å². The third kappa shape index (κ3) is 1.31. The number of fused-ring (bicyclic) bond motifs is 5. The third-order valence-corrected chi connectivity index (χ3v) is 4.84. The number of imide groups is 1. The first kappa shape index (κ1) is 11.7. The number of aromatic hydroxyl groups is 1. The first-order valence-corrected chi connectivity index (χ1v) is 6.93. The van der Waals surface area contributed by atoms with E-state index in [0.29, 0.717) is 5.69 Å². The molecule has 2 bridgehead atoms. The lowest BCUT2D eigenvalue weighted by Crippen LogP contribution is -2.32. The summed E-state index contributed by atoms with van der Waals surface area (Å²) in [5.74, 6) is -0.389. The number of rotatable bonds is 1. The number of hydrogen-bond donors (Lipinski definition) is 1. The maximum absolute atomic E-state index is 12.6. The highest BCUT2D eigenvalue weighted by Gasteiger charge is 2.59. The molecule has 102 valence electrons. The van der Waals surface area contributed by atoms with Crippen LogP contribution in [0.1, 0.15) is 12.0 Å². The van der Waals surface area contributed by atoms with Gasteiger partial charge < -0.3 is 5.11 Å². The van der Waals surface area contributed by atoms with Crippen molar-refractivity contribution >= 4 is 17.5 Å². The van der Waals surface area contributed by atoms with Crippen molar-refractivity contribution < 1.29 is 14.7 Å². The lowest BCUT2D eigenvalue weighted by molar-refractivity contribution is -0.123. The molecule has 4 heteroatoms. The number of aryl methyl sites for hydroxylation is 1. The Hall–Kier alpha value is -2.10. The molecular weight excluding hydrogens is 254 g/mol. The number of nitrogens with zero attached hydrogens (tertiary/aromatic N) is 1. The maximum atomic E-state index is 12.6. The van der Waals surface area contributed by atoms with Gasteiger partial charge in [-0.25, -0.2) is 4.90 Å². The molecule has 0 spiro atoms. The van der Waals surface area contributed by atoms with Crippen LogP contribution < -0.4 is 4.90 Å². The van der Waals surface area contributed by atoms with Gasteiger partial charge in [-0.15, -0.1) is 0 Å². The molecule has 1 aromatic rings. The average Bonchev–Trinajstić information content (AvgIpc) is 3.08. The molecule has 0 radical (unpaired) electrons. The summed E-state index contributed by atoms with van der Waals surface area (Å²) < 4.78 is 0. The summed E-state index contributed by atoms with van der Waals surface area (Å²) in [5, 5.41) is 9.98. The number of phenolic OH excluding ortho intramolecular Hbond substituents is 1. The molecule has 1 saturated heterocycles. The number of allylic oxidation sites excluding steroid dienone is 2. The van der Waals surface area contributed by atoms with Crippen LogP contribution in [0.4, 0.5) is 5.69 Å². The van der Waals surface area contributed by atoms with Crippen molar-refractivity contribution in [1.82, 2.24) is 0 Å². The fourth-order valence-corrected chi connectivity index (χ4v) is 3.95. The molecule has 1 saturated carbocycles. The first-order valence-electron chi connectivity index (χ1n) is 6.93. The number of benzene rings is 1. The van der Waals surface area contributed by atoms with Crippen LogP contribution in [-0.2, 0) is 9.59 Å². The molecule has 1 aliphatic heterocycles. The van der Waals surface area contributed by atoms with Crippen molar-refractivity contribution in [3.05, 3.63) is 35.9 Å². The van der Waals surface area contributed by atoms with Gasteiger partial charge in [0, 0.05) is 0 Å². The Morgan fingerprint density at radius 1 is 1.10 bits per heavy atom. The second-order valence-electron chi connectivity index (χ2n) is 6.00. The van der Waals surface area contributed by atoms with Crippen molar-refractivity contribution in [3.8, 4) is 5.75 Å². The zero-order chi connectivity index (χ0) is 14.0. The van der Waals surface area contributed by atoms with Crippen LogP contribution in [0.15, 0.2) is 30.4 Å². The molecule has 1 aromatic carbocycles. The van der Waals surface area contributed by atoms with Crippen LogP contribution in [0.5, 0.6) is 5.75 Å². The van der Waals surface area contributed by atoms with Crippen LogP contribution in [-0.4, -0.2) is 16.9 Å². The molecular formula is C16H15NO3. The molecule has 2 aliphatic carbocycles. The second kappa shape index (κ2) is 3.72. The molecule has 20 heavy (non-hydrogen) atoms. The lowest BCUT2D eigenvalue weighted by atomic mass is 9.85. The van der Waals surface area contributed by atoms with E-state index in [0.717, 1.165) is 12.0 Å². The van der Waals surface area contributed by atoms with Crippen molar-refractivity contribution in [2.75, 3.05) is 4.90 Å². The van der Waals surface area contributed by atoms with Gasteiger partial charge in [0.2, 0.25) is 11.8 Å².